The molecule has 0 radical (unpaired) electrons. The summed E-state index contributed by atoms with van der Waals surface area (Å²) in [6.45, 7) is 7.82. The van der Waals surface area contributed by atoms with E-state index in [2.05, 4.69) is 0 Å². The van der Waals surface area contributed by atoms with Crippen molar-refractivity contribution in [2.24, 2.45) is 0 Å². The van der Waals surface area contributed by atoms with Gasteiger partial charge in [-0.05, 0) is 44.4 Å². The lowest BCUT2D eigenvalue weighted by Crippen LogP contribution is -2.45. The van der Waals surface area contributed by atoms with Gasteiger partial charge < -0.3 is 4.90 Å². The number of hydrogen-bond acceptors (Lipinski definition) is 3. The SMILES string of the molecule is Cc1cccc(C)c1N(CC(=O)N(Cc1ccccc1)C(C)C)S(C)(=O)=O. The van der Waals surface area contributed by atoms with Crippen LogP contribution in [0.25, 0.3) is 0 Å². The summed E-state index contributed by atoms with van der Waals surface area (Å²) in [7, 11) is -3.60. The molecule has 0 aromatic heterocycles. The van der Waals surface area contributed by atoms with Gasteiger partial charge in [0.25, 0.3) is 0 Å². The van der Waals surface area contributed by atoms with Crippen LogP contribution in [0.5, 0.6) is 0 Å². The van der Waals surface area contributed by atoms with Gasteiger partial charge in [0.15, 0.2) is 0 Å². The smallest absolute Gasteiger partial charge is 0.243 e. The number of benzene rings is 2. The van der Waals surface area contributed by atoms with Crippen LogP contribution >= 0.6 is 0 Å². The van der Waals surface area contributed by atoms with Gasteiger partial charge in [0.2, 0.25) is 15.9 Å². The van der Waals surface area contributed by atoms with E-state index in [-0.39, 0.29) is 18.5 Å². The van der Waals surface area contributed by atoms with Crippen molar-refractivity contribution >= 4 is 21.6 Å². The van der Waals surface area contributed by atoms with Crippen molar-refractivity contribution in [3.05, 3.63) is 65.2 Å². The number of carbonyl (C=O) groups excluding carboxylic acids is 1. The summed E-state index contributed by atoms with van der Waals surface area (Å²) in [5.74, 6) is -0.220. The fourth-order valence-corrected chi connectivity index (χ4v) is 4.08. The van der Waals surface area contributed by atoms with Gasteiger partial charge in [-0.25, -0.2) is 8.42 Å². The molecule has 0 fully saturated rings. The van der Waals surface area contributed by atoms with E-state index < -0.39 is 10.0 Å². The van der Waals surface area contributed by atoms with Crippen molar-refractivity contribution in [1.82, 2.24) is 4.90 Å². The topological polar surface area (TPSA) is 57.7 Å². The van der Waals surface area contributed by atoms with Crippen molar-refractivity contribution in [1.29, 1.82) is 0 Å². The maximum Gasteiger partial charge on any atom is 0.243 e. The zero-order chi connectivity index (χ0) is 20.2. The Morgan fingerprint density at radius 2 is 1.52 bits per heavy atom. The second kappa shape index (κ2) is 8.57. The van der Waals surface area contributed by atoms with E-state index >= 15 is 0 Å². The Bertz CT molecular complexity index is 873. The lowest BCUT2D eigenvalue weighted by molar-refractivity contribution is -0.131. The summed E-state index contributed by atoms with van der Waals surface area (Å²) in [6, 6.07) is 15.3. The van der Waals surface area contributed by atoms with E-state index in [4.69, 9.17) is 0 Å². The van der Waals surface area contributed by atoms with Gasteiger partial charge in [-0.2, -0.15) is 0 Å². The zero-order valence-corrected chi connectivity index (χ0v) is 17.5. The highest BCUT2D eigenvalue weighted by molar-refractivity contribution is 7.92. The van der Waals surface area contributed by atoms with Gasteiger partial charge in [-0.3, -0.25) is 9.10 Å². The Kier molecular flexibility index (Phi) is 6.65. The number of hydrogen-bond donors (Lipinski definition) is 0. The average Bonchev–Trinajstić information content (AvgIpc) is 2.58. The first-order valence-corrected chi connectivity index (χ1v) is 10.8. The van der Waals surface area contributed by atoms with Crippen LogP contribution in [0.4, 0.5) is 5.69 Å². The third kappa shape index (κ3) is 5.32. The van der Waals surface area contributed by atoms with Crippen LogP contribution in [0.3, 0.4) is 0 Å². The van der Waals surface area contributed by atoms with Gasteiger partial charge in [0, 0.05) is 12.6 Å². The summed E-state index contributed by atoms with van der Waals surface area (Å²) in [5, 5.41) is 0. The van der Waals surface area contributed by atoms with Crippen LogP contribution in [0, 0.1) is 13.8 Å². The first-order chi connectivity index (χ1) is 12.6. The number of carbonyl (C=O) groups is 1. The second-order valence-electron chi connectivity index (χ2n) is 7.11. The van der Waals surface area contributed by atoms with Gasteiger partial charge in [-0.1, -0.05) is 48.5 Å². The normalized spacial score (nSPS) is 11.5. The fraction of sp³-hybridized carbons (Fsp3) is 0.381. The molecule has 0 unspecified atom stereocenters. The van der Waals surface area contributed by atoms with Crippen molar-refractivity contribution < 1.29 is 13.2 Å². The molecule has 2 rings (SSSR count). The number of para-hydroxylation sites is 1. The molecule has 2 aromatic rings. The number of nitrogens with zero attached hydrogens (tertiary/aromatic N) is 2. The highest BCUT2D eigenvalue weighted by Crippen LogP contribution is 2.27. The summed E-state index contributed by atoms with van der Waals surface area (Å²) < 4.78 is 26.2. The number of anilines is 1. The first kappa shape index (κ1) is 21.0. The predicted octanol–water partition coefficient (Wildman–Crippen LogP) is 3.51. The summed E-state index contributed by atoms with van der Waals surface area (Å²) in [5.41, 5.74) is 3.24. The van der Waals surface area contributed by atoms with Crippen molar-refractivity contribution in [3.8, 4) is 0 Å². The van der Waals surface area contributed by atoms with Crippen LogP contribution in [0.2, 0.25) is 0 Å². The highest BCUT2D eigenvalue weighted by atomic mass is 32.2. The molecule has 1 amide bonds. The van der Waals surface area contributed by atoms with Gasteiger partial charge in [0.05, 0.1) is 11.9 Å². The molecule has 0 aliphatic rings. The number of rotatable bonds is 7. The molecule has 2 aromatic carbocycles. The number of sulfonamides is 1. The third-order valence-corrected chi connectivity index (χ3v) is 5.62. The lowest BCUT2D eigenvalue weighted by Gasteiger charge is -2.31. The molecule has 146 valence electrons. The Hall–Kier alpha value is -2.34. The molecule has 0 atom stereocenters. The lowest BCUT2D eigenvalue weighted by atomic mass is 10.1. The van der Waals surface area contributed by atoms with Crippen LogP contribution < -0.4 is 4.31 Å². The summed E-state index contributed by atoms with van der Waals surface area (Å²) >= 11 is 0. The van der Waals surface area contributed by atoms with Crippen LogP contribution in [-0.2, 0) is 21.4 Å². The summed E-state index contributed by atoms with van der Waals surface area (Å²) in [6.07, 6.45) is 1.14. The van der Waals surface area contributed by atoms with E-state index in [0.29, 0.717) is 12.2 Å². The molecule has 0 saturated carbocycles. The number of aryl methyl sites for hydroxylation is 2. The standard InChI is InChI=1S/C21H28N2O3S/c1-16(2)22(14-19-12-7-6-8-13-19)20(24)15-23(27(5,25)26)21-17(3)10-9-11-18(21)4/h6-13,16H,14-15H2,1-5H3. The van der Waals surface area contributed by atoms with E-state index in [9.17, 15) is 13.2 Å². The van der Waals surface area contributed by atoms with Crippen molar-refractivity contribution in [3.63, 3.8) is 0 Å². The molecule has 0 N–H and O–H groups in total. The second-order valence-corrected chi connectivity index (χ2v) is 9.02. The third-order valence-electron chi connectivity index (χ3n) is 4.51. The molecule has 0 saturated heterocycles. The van der Waals surface area contributed by atoms with E-state index in [0.717, 1.165) is 22.9 Å². The predicted molar refractivity (Wildman–Crippen MR) is 110 cm³/mol. The molecule has 0 aliphatic carbocycles. The minimum Gasteiger partial charge on any atom is -0.334 e. The quantitative estimate of drug-likeness (QED) is 0.729. The molecule has 27 heavy (non-hydrogen) atoms. The van der Waals surface area contributed by atoms with Crippen LogP contribution in [-0.4, -0.2) is 38.1 Å². The average molecular weight is 389 g/mol. The Balaban J connectivity index is 2.34. The molecular formula is C21H28N2O3S. The Morgan fingerprint density at radius 1 is 0.963 bits per heavy atom. The molecule has 0 aliphatic heterocycles. The van der Waals surface area contributed by atoms with Crippen molar-refractivity contribution in [2.75, 3.05) is 17.1 Å². The fourth-order valence-electron chi connectivity index (χ4n) is 3.11. The molecule has 6 heteroatoms. The van der Waals surface area contributed by atoms with E-state index in [1.165, 1.54) is 4.31 Å². The van der Waals surface area contributed by atoms with Crippen molar-refractivity contribution in [2.45, 2.75) is 40.3 Å². The summed E-state index contributed by atoms with van der Waals surface area (Å²) in [4.78, 5) is 14.8. The maximum absolute atomic E-state index is 13.1. The van der Waals surface area contributed by atoms with Gasteiger partial charge >= 0.3 is 0 Å². The first-order valence-electron chi connectivity index (χ1n) is 8.98. The van der Waals surface area contributed by atoms with E-state index in [1.54, 1.807) is 4.90 Å². The number of amides is 1. The molecule has 0 spiro atoms. The largest absolute Gasteiger partial charge is 0.334 e. The monoisotopic (exact) mass is 388 g/mol. The molecular weight excluding hydrogens is 360 g/mol. The molecule has 0 heterocycles. The highest BCUT2D eigenvalue weighted by Gasteiger charge is 2.27. The van der Waals surface area contributed by atoms with E-state index in [1.807, 2.05) is 76.2 Å². The maximum atomic E-state index is 13.1. The Labute approximate surface area is 162 Å². The minimum absolute atomic E-state index is 0.0444. The molecule has 5 nitrogen and oxygen atoms in total. The Morgan fingerprint density at radius 3 is 2.00 bits per heavy atom. The minimum atomic E-state index is -3.60. The van der Waals surface area contributed by atoms with Gasteiger partial charge in [-0.15, -0.1) is 0 Å². The van der Waals surface area contributed by atoms with Crippen LogP contribution in [0.1, 0.15) is 30.5 Å². The van der Waals surface area contributed by atoms with Gasteiger partial charge in [0.1, 0.15) is 6.54 Å². The zero-order valence-electron chi connectivity index (χ0n) is 16.6. The molecule has 0 bridgehead atoms. The van der Waals surface area contributed by atoms with Crippen LogP contribution in [0.15, 0.2) is 48.5 Å².